The maximum atomic E-state index is 11.4. The lowest BCUT2D eigenvalue weighted by molar-refractivity contribution is -0.383. The topological polar surface area (TPSA) is 96.6 Å². The van der Waals surface area contributed by atoms with Crippen molar-refractivity contribution in [3.05, 3.63) is 40.1 Å². The molecule has 1 saturated heterocycles. The van der Waals surface area contributed by atoms with Crippen molar-refractivity contribution in [3.8, 4) is 0 Å². The number of carbonyl (C=O) groups is 1. The van der Waals surface area contributed by atoms with Gasteiger partial charge in [-0.05, 0) is 25.8 Å². The van der Waals surface area contributed by atoms with Crippen molar-refractivity contribution in [2.45, 2.75) is 25.8 Å². The summed E-state index contributed by atoms with van der Waals surface area (Å²) in [6, 6.07) is 5.97. The second kappa shape index (κ2) is 5.25. The van der Waals surface area contributed by atoms with E-state index in [2.05, 4.69) is 4.98 Å². The summed E-state index contributed by atoms with van der Waals surface area (Å²) in [4.78, 5) is 28.2. The molecule has 1 aromatic heterocycles. The molecular formula is C15H15N3O4. The van der Waals surface area contributed by atoms with Crippen LogP contribution in [-0.4, -0.2) is 33.6 Å². The van der Waals surface area contributed by atoms with Gasteiger partial charge in [-0.2, -0.15) is 0 Å². The van der Waals surface area contributed by atoms with Crippen molar-refractivity contribution in [1.29, 1.82) is 0 Å². The fourth-order valence-electron chi connectivity index (χ4n) is 3.04. The van der Waals surface area contributed by atoms with E-state index in [1.165, 1.54) is 6.07 Å². The zero-order valence-electron chi connectivity index (χ0n) is 12.0. The fourth-order valence-corrected chi connectivity index (χ4v) is 3.04. The third kappa shape index (κ3) is 2.24. The maximum absolute atomic E-state index is 11.4. The summed E-state index contributed by atoms with van der Waals surface area (Å²) >= 11 is 0. The molecule has 7 heteroatoms. The minimum absolute atomic E-state index is 0.0616. The molecule has 1 fully saturated rings. The largest absolute Gasteiger partial charge is 0.480 e. The Balaban J connectivity index is 2.24. The highest BCUT2D eigenvalue weighted by atomic mass is 16.6. The van der Waals surface area contributed by atoms with Gasteiger partial charge in [0.1, 0.15) is 6.04 Å². The van der Waals surface area contributed by atoms with Gasteiger partial charge in [0, 0.05) is 29.4 Å². The Labute approximate surface area is 126 Å². The zero-order chi connectivity index (χ0) is 15.9. The van der Waals surface area contributed by atoms with E-state index < -0.39 is 16.9 Å². The van der Waals surface area contributed by atoms with Crippen molar-refractivity contribution in [3.63, 3.8) is 0 Å². The normalized spacial score (nSPS) is 17.9. The number of aliphatic carboxylic acids is 1. The number of anilines is 1. The van der Waals surface area contributed by atoms with E-state index in [0.717, 1.165) is 6.42 Å². The SMILES string of the molecule is Cc1cc(N2CCC[C@@H]2C(=O)O)c2cccc([N+](=O)[O-])c2n1. The second-order valence-electron chi connectivity index (χ2n) is 5.40. The lowest BCUT2D eigenvalue weighted by Crippen LogP contribution is -2.36. The first-order valence-electron chi connectivity index (χ1n) is 7.03. The number of non-ortho nitro benzene ring substituents is 1. The van der Waals surface area contributed by atoms with Gasteiger partial charge in [-0.3, -0.25) is 10.1 Å². The quantitative estimate of drug-likeness (QED) is 0.691. The number of pyridine rings is 1. The lowest BCUT2D eigenvalue weighted by Gasteiger charge is -2.25. The highest BCUT2D eigenvalue weighted by Gasteiger charge is 2.32. The standard InChI is InChI=1S/C15H15N3O4/c1-9-8-13(17-7-3-6-12(17)15(19)20)10-4-2-5-11(18(21)22)14(10)16-9/h2,4-5,8,12H,3,6-7H2,1H3,(H,19,20)/t12-/m1/s1. The summed E-state index contributed by atoms with van der Waals surface area (Å²) < 4.78 is 0. The smallest absolute Gasteiger partial charge is 0.326 e. The molecule has 2 aromatic rings. The van der Waals surface area contributed by atoms with E-state index in [0.29, 0.717) is 35.2 Å². The van der Waals surface area contributed by atoms with Gasteiger partial charge >= 0.3 is 5.97 Å². The number of rotatable bonds is 3. The molecule has 1 atom stereocenters. The number of carboxylic acid groups (broad SMARTS) is 1. The van der Waals surface area contributed by atoms with Gasteiger partial charge in [0.2, 0.25) is 0 Å². The number of fused-ring (bicyclic) bond motifs is 1. The van der Waals surface area contributed by atoms with Crippen LogP contribution in [0.25, 0.3) is 10.9 Å². The summed E-state index contributed by atoms with van der Waals surface area (Å²) in [5.74, 6) is -0.870. The first-order chi connectivity index (χ1) is 10.5. The lowest BCUT2D eigenvalue weighted by atomic mass is 10.1. The van der Waals surface area contributed by atoms with E-state index in [4.69, 9.17) is 0 Å². The van der Waals surface area contributed by atoms with Crippen molar-refractivity contribution in [2.24, 2.45) is 0 Å². The molecule has 1 aromatic carbocycles. The minimum Gasteiger partial charge on any atom is -0.480 e. The van der Waals surface area contributed by atoms with Gasteiger partial charge in [-0.15, -0.1) is 0 Å². The first-order valence-corrected chi connectivity index (χ1v) is 7.03. The molecule has 3 rings (SSSR count). The summed E-state index contributed by atoms with van der Waals surface area (Å²) in [7, 11) is 0. The van der Waals surface area contributed by atoms with E-state index >= 15 is 0 Å². The number of nitro groups is 1. The van der Waals surface area contributed by atoms with Crippen LogP contribution in [-0.2, 0) is 4.79 Å². The van der Waals surface area contributed by atoms with Gasteiger partial charge in [0.15, 0.2) is 5.52 Å². The molecule has 0 spiro atoms. The van der Waals surface area contributed by atoms with Crippen molar-refractivity contribution >= 4 is 28.2 Å². The van der Waals surface area contributed by atoms with Crippen LogP contribution in [0.1, 0.15) is 18.5 Å². The van der Waals surface area contributed by atoms with Crippen LogP contribution < -0.4 is 4.90 Å². The third-order valence-electron chi connectivity index (χ3n) is 3.97. The molecule has 22 heavy (non-hydrogen) atoms. The Morgan fingerprint density at radius 2 is 2.27 bits per heavy atom. The number of hydrogen-bond acceptors (Lipinski definition) is 5. The van der Waals surface area contributed by atoms with E-state index in [1.807, 2.05) is 4.90 Å². The molecule has 7 nitrogen and oxygen atoms in total. The average molecular weight is 301 g/mol. The highest BCUT2D eigenvalue weighted by molar-refractivity contribution is 5.98. The first kappa shape index (κ1) is 14.2. The number of benzene rings is 1. The van der Waals surface area contributed by atoms with Gasteiger partial charge < -0.3 is 10.0 Å². The molecule has 0 unspecified atom stereocenters. The number of hydrogen-bond donors (Lipinski definition) is 1. The van der Waals surface area contributed by atoms with E-state index in [-0.39, 0.29) is 5.69 Å². The molecule has 114 valence electrons. The molecule has 1 aliphatic heterocycles. The van der Waals surface area contributed by atoms with Crippen LogP contribution in [0.2, 0.25) is 0 Å². The Morgan fingerprint density at radius 3 is 2.95 bits per heavy atom. The molecule has 1 aliphatic rings. The maximum Gasteiger partial charge on any atom is 0.326 e. The Bertz CT molecular complexity index is 775. The molecule has 1 N–H and O–H groups in total. The van der Waals surface area contributed by atoms with Crippen LogP contribution in [0.5, 0.6) is 0 Å². The molecule has 2 heterocycles. The molecule has 0 saturated carbocycles. The average Bonchev–Trinajstić information content (AvgIpc) is 2.95. The number of para-hydroxylation sites is 1. The minimum atomic E-state index is -0.870. The van der Waals surface area contributed by atoms with Crippen molar-refractivity contribution < 1.29 is 14.8 Å². The van der Waals surface area contributed by atoms with Crippen LogP contribution >= 0.6 is 0 Å². The predicted molar refractivity (Wildman–Crippen MR) is 81.1 cm³/mol. The van der Waals surface area contributed by atoms with Crippen LogP contribution in [0.3, 0.4) is 0 Å². The second-order valence-corrected chi connectivity index (χ2v) is 5.40. The van der Waals surface area contributed by atoms with Crippen LogP contribution in [0, 0.1) is 17.0 Å². The molecule has 0 amide bonds. The molecule has 0 aliphatic carbocycles. The van der Waals surface area contributed by atoms with E-state index in [9.17, 15) is 20.0 Å². The third-order valence-corrected chi connectivity index (χ3v) is 3.97. The number of aromatic nitrogens is 1. The highest BCUT2D eigenvalue weighted by Crippen LogP contribution is 2.35. The number of aryl methyl sites for hydroxylation is 1. The molecular weight excluding hydrogens is 286 g/mol. The number of nitro benzene ring substituents is 1. The van der Waals surface area contributed by atoms with Crippen molar-refractivity contribution in [2.75, 3.05) is 11.4 Å². The van der Waals surface area contributed by atoms with Gasteiger partial charge in [0.25, 0.3) is 5.69 Å². The Hall–Kier alpha value is -2.70. The van der Waals surface area contributed by atoms with Gasteiger partial charge in [0.05, 0.1) is 4.92 Å². The van der Waals surface area contributed by atoms with Gasteiger partial charge in [-0.25, -0.2) is 9.78 Å². The Morgan fingerprint density at radius 1 is 1.50 bits per heavy atom. The predicted octanol–water partition coefficient (Wildman–Crippen LogP) is 2.50. The van der Waals surface area contributed by atoms with Crippen molar-refractivity contribution in [1.82, 2.24) is 4.98 Å². The fraction of sp³-hybridized carbons (Fsp3) is 0.333. The summed E-state index contributed by atoms with van der Waals surface area (Å²) in [5.41, 5.74) is 1.58. The molecule has 0 bridgehead atoms. The Kier molecular flexibility index (Phi) is 3.40. The zero-order valence-corrected chi connectivity index (χ0v) is 12.0. The summed E-state index contributed by atoms with van der Waals surface area (Å²) in [5, 5.41) is 21.2. The number of nitrogens with zero attached hydrogens (tertiary/aromatic N) is 3. The molecule has 0 radical (unpaired) electrons. The van der Waals surface area contributed by atoms with E-state index in [1.54, 1.807) is 25.1 Å². The van der Waals surface area contributed by atoms with Crippen LogP contribution in [0.4, 0.5) is 11.4 Å². The van der Waals surface area contributed by atoms with Gasteiger partial charge in [-0.1, -0.05) is 12.1 Å². The summed E-state index contributed by atoms with van der Waals surface area (Å²) in [6.07, 6.45) is 1.36. The monoisotopic (exact) mass is 301 g/mol. The summed E-state index contributed by atoms with van der Waals surface area (Å²) in [6.45, 7) is 2.38. The van der Waals surface area contributed by atoms with Crippen LogP contribution in [0.15, 0.2) is 24.3 Å². The number of carboxylic acids is 1.